The highest BCUT2D eigenvalue weighted by Crippen LogP contribution is 2.33. The Labute approximate surface area is 224 Å². The average Bonchev–Trinajstić information content (AvgIpc) is 3.35. The van der Waals surface area contributed by atoms with Gasteiger partial charge in [-0.05, 0) is 23.8 Å². The van der Waals surface area contributed by atoms with E-state index in [1.807, 2.05) is 36.5 Å². The van der Waals surface area contributed by atoms with Crippen LogP contribution in [0.15, 0.2) is 73.1 Å². The molecule has 1 aliphatic heterocycles. The molecule has 1 fully saturated rings. The summed E-state index contributed by atoms with van der Waals surface area (Å²) < 4.78 is 68.5. The lowest BCUT2D eigenvalue weighted by atomic mass is 9.98. The van der Waals surface area contributed by atoms with Crippen LogP contribution >= 0.6 is 0 Å². The van der Waals surface area contributed by atoms with Crippen molar-refractivity contribution in [3.05, 3.63) is 78.6 Å². The van der Waals surface area contributed by atoms with E-state index in [9.17, 15) is 26.7 Å². The molecule has 1 amide bonds. The van der Waals surface area contributed by atoms with Gasteiger partial charge in [-0.1, -0.05) is 36.4 Å². The van der Waals surface area contributed by atoms with Gasteiger partial charge in [-0.15, -0.1) is 0 Å². The minimum atomic E-state index is -5.08. The van der Waals surface area contributed by atoms with Crippen LogP contribution in [0.5, 0.6) is 5.88 Å². The number of halogens is 5. The summed E-state index contributed by atoms with van der Waals surface area (Å²) in [5.41, 5.74) is 2.60. The number of amides is 1. The molecule has 0 bridgehead atoms. The SMILES string of the molecule is Cn1cc(-c2ccccc2C(=O)N2CCC(F)(F)C(Oc3ccc4ccccc4n3)C2)cn1.O=C(O)C(F)(F)F. The second-order valence-electron chi connectivity index (χ2n) is 8.96. The van der Waals surface area contributed by atoms with Gasteiger partial charge in [0.25, 0.3) is 11.8 Å². The van der Waals surface area contributed by atoms with E-state index >= 15 is 0 Å². The summed E-state index contributed by atoms with van der Waals surface area (Å²) in [6.45, 7) is -0.292. The number of piperidine rings is 1. The first-order chi connectivity index (χ1) is 18.8. The van der Waals surface area contributed by atoms with E-state index in [0.717, 1.165) is 10.9 Å². The van der Waals surface area contributed by atoms with Gasteiger partial charge in [-0.25, -0.2) is 18.6 Å². The summed E-state index contributed by atoms with van der Waals surface area (Å²) in [7, 11) is 1.80. The summed E-state index contributed by atoms with van der Waals surface area (Å²) in [4.78, 5) is 28.0. The molecule has 1 saturated heterocycles. The van der Waals surface area contributed by atoms with Crippen LogP contribution < -0.4 is 4.74 Å². The highest BCUT2D eigenvalue weighted by Gasteiger charge is 2.47. The summed E-state index contributed by atoms with van der Waals surface area (Å²) >= 11 is 0. The van der Waals surface area contributed by atoms with Crippen LogP contribution in [0.3, 0.4) is 0 Å². The van der Waals surface area contributed by atoms with E-state index < -0.39 is 30.6 Å². The van der Waals surface area contributed by atoms with Gasteiger partial charge in [0.15, 0.2) is 6.10 Å². The Morgan fingerprint density at radius 2 is 1.73 bits per heavy atom. The van der Waals surface area contributed by atoms with Crippen LogP contribution in [0.4, 0.5) is 22.0 Å². The van der Waals surface area contributed by atoms with Crippen molar-refractivity contribution >= 4 is 22.8 Å². The molecule has 0 saturated carbocycles. The normalized spacial score (nSPS) is 16.6. The van der Waals surface area contributed by atoms with Gasteiger partial charge in [0.2, 0.25) is 5.88 Å². The van der Waals surface area contributed by atoms with E-state index in [0.29, 0.717) is 16.6 Å². The summed E-state index contributed by atoms with van der Waals surface area (Å²) in [6.07, 6.45) is -3.57. The number of fused-ring (bicyclic) bond motifs is 1. The third-order valence-corrected chi connectivity index (χ3v) is 6.11. The minimum Gasteiger partial charge on any atom is -0.475 e. The lowest BCUT2D eigenvalue weighted by Crippen LogP contribution is -2.55. The fraction of sp³-hybridized carbons (Fsp3) is 0.259. The first kappa shape index (κ1) is 28.5. The molecule has 4 aromatic rings. The number of aryl methyl sites for hydroxylation is 1. The van der Waals surface area contributed by atoms with Crippen molar-refractivity contribution in [2.45, 2.75) is 24.6 Å². The van der Waals surface area contributed by atoms with Crippen molar-refractivity contribution in [2.75, 3.05) is 13.1 Å². The Bertz CT molecular complexity index is 1520. The number of carbonyl (C=O) groups is 2. The monoisotopic (exact) mass is 562 g/mol. The maximum absolute atomic E-state index is 14.8. The van der Waals surface area contributed by atoms with E-state index in [4.69, 9.17) is 14.6 Å². The largest absolute Gasteiger partial charge is 0.490 e. The Kier molecular flexibility index (Phi) is 8.03. The summed E-state index contributed by atoms with van der Waals surface area (Å²) in [6, 6.07) is 17.9. The number of hydrogen-bond donors (Lipinski definition) is 1. The van der Waals surface area contributed by atoms with Gasteiger partial charge >= 0.3 is 12.1 Å². The number of carboxylic acids is 1. The number of nitrogens with zero attached hydrogens (tertiary/aromatic N) is 4. The molecule has 2 aromatic carbocycles. The van der Waals surface area contributed by atoms with Crippen LogP contribution in [0, 0.1) is 0 Å². The summed E-state index contributed by atoms with van der Waals surface area (Å²) in [5.74, 6) is -6.03. The number of likely N-dealkylation sites (tertiary alicyclic amines) is 1. The molecule has 8 nitrogen and oxygen atoms in total. The van der Waals surface area contributed by atoms with E-state index in [1.54, 1.807) is 48.3 Å². The number of carbonyl (C=O) groups excluding carboxylic acids is 1. The molecular formula is C27H23F5N4O4. The van der Waals surface area contributed by atoms with E-state index in [-0.39, 0.29) is 24.9 Å². The van der Waals surface area contributed by atoms with Gasteiger partial charge in [-0.3, -0.25) is 9.48 Å². The standard InChI is InChI=1S/C25H22F2N4O2.C2HF3O2/c1-30-15-18(14-28-30)19-7-3-4-8-20(19)24(32)31-13-12-25(26,27)22(16-31)33-23-11-10-17-6-2-5-9-21(17)29-23;3-2(4,5)1(6)7/h2-11,14-15,22H,12-13,16H2,1H3;(H,6,7). The Morgan fingerprint density at radius 1 is 1.05 bits per heavy atom. The number of carboxylic acid groups (broad SMARTS) is 1. The number of aliphatic carboxylic acids is 1. The van der Waals surface area contributed by atoms with Crippen LogP contribution in [0.25, 0.3) is 22.0 Å². The van der Waals surface area contributed by atoms with Gasteiger partial charge in [0.05, 0.1) is 18.3 Å². The quantitative estimate of drug-likeness (QED) is 0.344. The number of alkyl halides is 5. The molecular weight excluding hydrogens is 539 g/mol. The maximum Gasteiger partial charge on any atom is 0.490 e. The van der Waals surface area contributed by atoms with Crippen molar-refractivity contribution in [3.63, 3.8) is 0 Å². The molecule has 1 unspecified atom stereocenters. The molecule has 1 aliphatic rings. The van der Waals surface area contributed by atoms with Gasteiger partial charge in [0, 0.05) is 48.8 Å². The van der Waals surface area contributed by atoms with Crippen LogP contribution in [-0.4, -0.2) is 67.9 Å². The second-order valence-corrected chi connectivity index (χ2v) is 8.96. The lowest BCUT2D eigenvalue weighted by Gasteiger charge is -2.38. The van der Waals surface area contributed by atoms with E-state index in [2.05, 4.69) is 10.1 Å². The van der Waals surface area contributed by atoms with Crippen LogP contribution in [-0.2, 0) is 11.8 Å². The Balaban J connectivity index is 0.000000470. The number of aromatic nitrogens is 3. The molecule has 13 heteroatoms. The zero-order valence-corrected chi connectivity index (χ0v) is 21.0. The number of rotatable bonds is 4. The van der Waals surface area contributed by atoms with E-state index in [1.165, 1.54) is 4.90 Å². The molecule has 0 radical (unpaired) electrons. The first-order valence-electron chi connectivity index (χ1n) is 11.9. The molecule has 2 aromatic heterocycles. The van der Waals surface area contributed by atoms with Gasteiger partial charge in [-0.2, -0.15) is 18.3 Å². The van der Waals surface area contributed by atoms with Crippen LogP contribution in [0.2, 0.25) is 0 Å². The summed E-state index contributed by atoms with van der Waals surface area (Å²) in [5, 5.41) is 12.2. The predicted octanol–water partition coefficient (Wildman–Crippen LogP) is 5.20. The van der Waals surface area contributed by atoms with Crippen LogP contribution in [0.1, 0.15) is 16.8 Å². The number of pyridine rings is 1. The minimum absolute atomic E-state index is 0.0573. The molecule has 1 atom stereocenters. The highest BCUT2D eigenvalue weighted by molar-refractivity contribution is 6.00. The maximum atomic E-state index is 14.8. The van der Waals surface area contributed by atoms with Crippen molar-refractivity contribution < 1.29 is 41.4 Å². The van der Waals surface area contributed by atoms with Crippen molar-refractivity contribution in [3.8, 4) is 17.0 Å². The third-order valence-electron chi connectivity index (χ3n) is 6.11. The molecule has 0 aliphatic carbocycles. The predicted molar refractivity (Wildman–Crippen MR) is 134 cm³/mol. The molecule has 1 N–H and O–H groups in total. The Morgan fingerprint density at radius 3 is 2.40 bits per heavy atom. The van der Waals surface area contributed by atoms with Gasteiger partial charge in [0.1, 0.15) is 0 Å². The van der Waals surface area contributed by atoms with Crippen molar-refractivity contribution in [1.82, 2.24) is 19.7 Å². The fourth-order valence-electron chi connectivity index (χ4n) is 4.09. The molecule has 0 spiro atoms. The molecule has 40 heavy (non-hydrogen) atoms. The zero-order valence-electron chi connectivity index (χ0n) is 21.0. The second kappa shape index (κ2) is 11.3. The van der Waals surface area contributed by atoms with Gasteiger partial charge < -0.3 is 14.7 Å². The topological polar surface area (TPSA) is 97.5 Å². The molecule has 5 rings (SSSR count). The zero-order chi connectivity index (χ0) is 29.1. The molecule has 3 heterocycles. The molecule has 210 valence electrons. The smallest absolute Gasteiger partial charge is 0.475 e. The highest BCUT2D eigenvalue weighted by atomic mass is 19.4. The lowest BCUT2D eigenvalue weighted by molar-refractivity contribution is -0.192. The average molecular weight is 562 g/mol. The van der Waals surface area contributed by atoms with Crippen molar-refractivity contribution in [1.29, 1.82) is 0 Å². The fourth-order valence-corrected chi connectivity index (χ4v) is 4.09. The van der Waals surface area contributed by atoms with Crippen molar-refractivity contribution in [2.24, 2.45) is 7.05 Å². The number of ether oxygens (including phenoxy) is 1. The number of hydrogen-bond acceptors (Lipinski definition) is 5. The number of benzene rings is 2. The number of para-hydroxylation sites is 1. The first-order valence-corrected chi connectivity index (χ1v) is 11.9. The Hall–Kier alpha value is -4.55. The third kappa shape index (κ3) is 6.53.